The molecule has 1 atom stereocenters. The van der Waals surface area contributed by atoms with Crippen molar-refractivity contribution in [3.63, 3.8) is 0 Å². The van der Waals surface area contributed by atoms with E-state index < -0.39 is 23.8 Å². The van der Waals surface area contributed by atoms with Crippen LogP contribution in [-0.4, -0.2) is 23.7 Å². The zero-order valence-electron chi connectivity index (χ0n) is 15.7. The quantitative estimate of drug-likeness (QED) is 0.319. The first-order valence-electron chi connectivity index (χ1n) is 9.32. The number of fused-ring (bicyclic) bond motifs is 2. The predicted octanol–water partition coefficient (Wildman–Crippen LogP) is 7.06. The Kier molecular flexibility index (Phi) is 5.02. The van der Waals surface area contributed by atoms with Crippen molar-refractivity contribution in [2.75, 3.05) is 13.1 Å². The van der Waals surface area contributed by atoms with Crippen LogP contribution in [-0.2, 0) is 27.3 Å². The van der Waals surface area contributed by atoms with Crippen LogP contribution in [0.4, 0.5) is 13.2 Å². The van der Waals surface area contributed by atoms with Crippen LogP contribution in [0.25, 0.3) is 5.57 Å². The molecular weight excluding hydrogens is 497 g/mol. The van der Waals surface area contributed by atoms with Crippen molar-refractivity contribution in [3.05, 3.63) is 73.9 Å². The van der Waals surface area contributed by atoms with Gasteiger partial charge in [-0.25, -0.2) is 4.42 Å². The molecular formula is C21H14Cl4F3NO2. The number of hydrogen-bond donors (Lipinski definition) is 0. The van der Waals surface area contributed by atoms with Gasteiger partial charge in [0.05, 0.1) is 27.9 Å². The predicted molar refractivity (Wildman–Crippen MR) is 113 cm³/mol. The summed E-state index contributed by atoms with van der Waals surface area (Å²) in [4.78, 5) is 0. The molecule has 31 heavy (non-hydrogen) atoms. The molecule has 3 nitrogen and oxygen atoms in total. The van der Waals surface area contributed by atoms with Gasteiger partial charge in [-0.2, -0.15) is 13.2 Å². The first kappa shape index (κ1) is 21.7. The lowest BCUT2D eigenvalue weighted by Crippen LogP contribution is -2.54. The molecule has 2 aromatic carbocycles. The minimum absolute atomic E-state index is 0.00496. The Hall–Kier alpha value is -1.15. The summed E-state index contributed by atoms with van der Waals surface area (Å²) in [6.45, 7) is 1.53. The van der Waals surface area contributed by atoms with Crippen molar-refractivity contribution in [2.45, 2.75) is 30.4 Å². The van der Waals surface area contributed by atoms with Crippen molar-refractivity contribution >= 4 is 52.2 Å². The third kappa shape index (κ3) is 3.26. The zero-order chi connectivity index (χ0) is 22.2. The first-order chi connectivity index (χ1) is 14.5. The number of nitrogens with zero attached hydrogens (tertiary/aromatic N) is 1. The van der Waals surface area contributed by atoms with E-state index in [1.54, 1.807) is 10.5 Å². The molecule has 3 aliphatic heterocycles. The Labute approximate surface area is 196 Å². The fourth-order valence-electron chi connectivity index (χ4n) is 4.40. The molecule has 0 N–H and O–H groups in total. The summed E-state index contributed by atoms with van der Waals surface area (Å²) in [7, 11) is 0. The minimum Gasteiger partial charge on any atom is -0.480 e. The van der Waals surface area contributed by atoms with Crippen molar-refractivity contribution in [1.82, 2.24) is 4.42 Å². The van der Waals surface area contributed by atoms with Gasteiger partial charge in [0.1, 0.15) is 5.60 Å². The SMILES string of the molecule is FC(F)(F)C1(c2cc(Cl)c(Cl)c(Cl)c2)CC(c2ccc3c(c2)COC32CN(Cl)C2)=CO1. The number of benzene rings is 2. The number of alkyl halides is 3. The summed E-state index contributed by atoms with van der Waals surface area (Å²) in [5, 5.41) is -0.146. The van der Waals surface area contributed by atoms with E-state index in [-0.39, 0.29) is 20.6 Å². The highest BCUT2D eigenvalue weighted by Gasteiger charge is 2.61. The Bertz CT molecular complexity index is 1090. The van der Waals surface area contributed by atoms with Crippen molar-refractivity contribution < 1.29 is 22.6 Å². The molecule has 1 unspecified atom stereocenters. The molecule has 164 valence electrons. The number of rotatable bonds is 2. The molecule has 0 bridgehead atoms. The van der Waals surface area contributed by atoms with Crippen molar-refractivity contribution in [3.8, 4) is 0 Å². The van der Waals surface area contributed by atoms with Crippen LogP contribution < -0.4 is 0 Å². The van der Waals surface area contributed by atoms with E-state index >= 15 is 0 Å². The Balaban J connectivity index is 1.49. The highest BCUT2D eigenvalue weighted by molar-refractivity contribution is 6.48. The van der Waals surface area contributed by atoms with E-state index in [1.807, 2.05) is 12.1 Å². The third-order valence-corrected chi connectivity index (χ3v) is 7.51. The molecule has 0 aromatic heterocycles. The lowest BCUT2D eigenvalue weighted by atomic mass is 9.83. The van der Waals surface area contributed by atoms with Gasteiger partial charge in [0.2, 0.25) is 5.60 Å². The number of hydrogen-bond acceptors (Lipinski definition) is 3. The lowest BCUT2D eigenvalue weighted by Gasteiger charge is -2.43. The Morgan fingerprint density at radius 1 is 1.00 bits per heavy atom. The molecule has 1 spiro atoms. The van der Waals surface area contributed by atoms with Crippen LogP contribution in [0.2, 0.25) is 15.1 Å². The molecule has 10 heteroatoms. The molecule has 1 saturated heterocycles. The Morgan fingerprint density at radius 2 is 1.68 bits per heavy atom. The van der Waals surface area contributed by atoms with Crippen molar-refractivity contribution in [2.24, 2.45) is 0 Å². The van der Waals surface area contributed by atoms with E-state index in [0.717, 1.165) is 29.5 Å². The van der Waals surface area contributed by atoms with Crippen LogP contribution >= 0.6 is 46.6 Å². The normalized spacial score (nSPS) is 24.7. The lowest BCUT2D eigenvalue weighted by molar-refractivity contribution is -0.260. The van der Waals surface area contributed by atoms with Gasteiger partial charge in [0.25, 0.3) is 0 Å². The van der Waals surface area contributed by atoms with Crippen molar-refractivity contribution in [1.29, 1.82) is 0 Å². The topological polar surface area (TPSA) is 21.7 Å². The second-order valence-corrected chi connectivity index (χ2v) is 9.62. The summed E-state index contributed by atoms with van der Waals surface area (Å²) in [6.07, 6.45) is -3.99. The van der Waals surface area contributed by atoms with E-state index in [0.29, 0.717) is 30.8 Å². The molecule has 0 aliphatic carbocycles. The Morgan fingerprint density at radius 3 is 2.29 bits per heavy atom. The molecule has 0 amide bonds. The smallest absolute Gasteiger partial charge is 0.432 e. The molecule has 2 aromatic rings. The molecule has 3 aliphatic rings. The third-order valence-electron chi connectivity index (χ3n) is 6.07. The largest absolute Gasteiger partial charge is 0.480 e. The van der Waals surface area contributed by atoms with E-state index in [9.17, 15) is 13.2 Å². The van der Waals surface area contributed by atoms with Gasteiger partial charge >= 0.3 is 6.18 Å². The van der Waals surface area contributed by atoms with Crippen LogP contribution in [0.1, 0.15) is 28.7 Å². The summed E-state index contributed by atoms with van der Waals surface area (Å²) < 4.78 is 55.6. The second kappa shape index (κ2) is 7.17. The molecule has 0 radical (unpaired) electrons. The fourth-order valence-corrected chi connectivity index (χ4v) is 5.39. The maximum Gasteiger partial charge on any atom is 0.432 e. The average molecular weight is 511 g/mol. The van der Waals surface area contributed by atoms with Gasteiger partial charge in [-0.1, -0.05) is 46.9 Å². The summed E-state index contributed by atoms with van der Waals surface area (Å²) >= 11 is 23.9. The van der Waals surface area contributed by atoms with Gasteiger partial charge in [-0.3, -0.25) is 0 Å². The molecule has 5 rings (SSSR count). The van der Waals surface area contributed by atoms with Crippen LogP contribution in [0, 0.1) is 0 Å². The van der Waals surface area contributed by atoms with Crippen LogP contribution in [0.5, 0.6) is 0 Å². The van der Waals surface area contributed by atoms with Gasteiger partial charge in [0, 0.05) is 25.1 Å². The van der Waals surface area contributed by atoms with E-state index in [2.05, 4.69) is 0 Å². The van der Waals surface area contributed by atoms with Gasteiger partial charge in [-0.05, 0) is 52.2 Å². The zero-order valence-corrected chi connectivity index (χ0v) is 18.7. The molecule has 3 heterocycles. The van der Waals surface area contributed by atoms with Gasteiger partial charge in [-0.15, -0.1) is 0 Å². The highest BCUT2D eigenvalue weighted by atomic mass is 35.5. The first-order valence-corrected chi connectivity index (χ1v) is 10.8. The van der Waals surface area contributed by atoms with Gasteiger partial charge in [0.15, 0.2) is 0 Å². The van der Waals surface area contributed by atoms with Gasteiger partial charge < -0.3 is 9.47 Å². The summed E-state index contributed by atoms with van der Waals surface area (Å²) in [5.41, 5.74) is -0.233. The maximum atomic E-state index is 14.3. The fraction of sp³-hybridized carbons (Fsp3) is 0.333. The standard InChI is InChI=1S/C21H14Cl4F3NO2/c22-16-4-14(5-17(23)18(16)24)20(21(26,27)28)6-13(8-31-20)11-1-2-15-12(3-11)7-30-19(15)9-29(25)10-19/h1-5,8H,6-7,9-10H2. The summed E-state index contributed by atoms with van der Waals surface area (Å²) in [5.74, 6) is 0. The van der Waals surface area contributed by atoms with Crippen LogP contribution in [0.15, 0.2) is 36.6 Å². The average Bonchev–Trinajstić information content (AvgIpc) is 3.29. The molecule has 1 fully saturated rings. The minimum atomic E-state index is -4.72. The maximum absolute atomic E-state index is 14.3. The highest BCUT2D eigenvalue weighted by Crippen LogP contribution is 2.54. The monoisotopic (exact) mass is 509 g/mol. The van der Waals surface area contributed by atoms with Crippen LogP contribution in [0.3, 0.4) is 0 Å². The number of halogens is 7. The number of ether oxygens (including phenoxy) is 2. The second-order valence-electron chi connectivity index (χ2n) is 7.95. The van der Waals surface area contributed by atoms with E-state index in [1.165, 1.54) is 0 Å². The summed E-state index contributed by atoms with van der Waals surface area (Å²) in [6, 6.07) is 7.83. The van der Waals surface area contributed by atoms with E-state index in [4.69, 9.17) is 56.1 Å². The molecule has 0 saturated carbocycles.